The molecule has 0 rings (SSSR count). The second kappa shape index (κ2) is 50.1. The van der Waals surface area contributed by atoms with Gasteiger partial charge in [-0.25, -0.2) is 0 Å². The Hall–Kier alpha value is -2.09. The van der Waals surface area contributed by atoms with Gasteiger partial charge in [0.1, 0.15) is 0 Å². The predicted octanol–water partition coefficient (Wildman–Crippen LogP) is -5.92. The van der Waals surface area contributed by atoms with E-state index in [0.29, 0.717) is 0 Å². The number of unbranched alkanes of at least 4 members (excludes halogenated alkanes) is 2. The van der Waals surface area contributed by atoms with Crippen LogP contribution in [0.2, 0.25) is 0 Å². The van der Waals surface area contributed by atoms with Crippen molar-refractivity contribution in [2.75, 3.05) is 26.4 Å². The zero-order valence-corrected chi connectivity index (χ0v) is 17.8. The van der Waals surface area contributed by atoms with E-state index in [1.165, 1.54) is 19.3 Å². The maximum absolute atomic E-state index is 9.01. The summed E-state index contributed by atoms with van der Waals surface area (Å²) in [6.45, 7) is 8.23. The van der Waals surface area contributed by atoms with Gasteiger partial charge in [0, 0.05) is 0 Å². The molecule has 0 atom stereocenters. The van der Waals surface area contributed by atoms with Crippen LogP contribution in [-0.2, 0) is 40.9 Å². The van der Waals surface area contributed by atoms with E-state index in [2.05, 4.69) is 26.7 Å². The van der Waals surface area contributed by atoms with Gasteiger partial charge in [-0.3, -0.25) is 0 Å². The summed E-state index contributed by atoms with van der Waals surface area (Å²) in [4.78, 5) is 36.0. The fraction of sp³-hybridized carbons (Fsp3) is 0.500. The smallest absolute Gasteiger partial charge is 0.548 e. The van der Waals surface area contributed by atoms with Crippen LogP contribution in [0, 0.1) is 0 Å². The quantitative estimate of drug-likeness (QED) is 0.158. The molecule has 0 bridgehead atoms. The number of aliphatic carboxylic acids is 4. The molecule has 0 aliphatic heterocycles. The molecular weight excluding hydrogens is 432 g/mol. The van der Waals surface area contributed by atoms with Gasteiger partial charge in [-0.1, -0.05) is 25.8 Å². The molecule has 4 N–H and O–H groups in total. The Bertz CT molecular complexity index is 319. The van der Waals surface area contributed by atoms with E-state index in [9.17, 15) is 0 Å². The second-order valence-electron chi connectivity index (χ2n) is 3.55. The number of carboxylic acids is 4. The minimum Gasteiger partial charge on any atom is -0.548 e. The molecule has 0 radical (unpaired) electrons. The minimum absolute atomic E-state index is 0. The summed E-state index contributed by atoms with van der Waals surface area (Å²) in [7, 11) is 0. The summed E-state index contributed by atoms with van der Waals surface area (Å²) in [6, 6.07) is 0. The van der Waals surface area contributed by atoms with Crippen LogP contribution in [0.3, 0.4) is 0 Å². The molecule has 29 heavy (non-hydrogen) atoms. The number of aliphatic hydroxyl groups excluding tert-OH is 4. The molecule has 0 aromatic carbocycles. The Kier molecular flexibility index (Phi) is 78.8. The predicted molar refractivity (Wildman–Crippen MR) is 89.3 cm³/mol. The van der Waals surface area contributed by atoms with Crippen LogP contribution < -0.4 is 20.4 Å². The van der Waals surface area contributed by atoms with Gasteiger partial charge in [0.25, 0.3) is 0 Å². The van der Waals surface area contributed by atoms with Gasteiger partial charge in [-0.2, -0.15) is 0 Å². The molecule has 0 saturated heterocycles. The summed E-state index contributed by atoms with van der Waals surface area (Å²) < 4.78 is 0. The van der Waals surface area contributed by atoms with E-state index >= 15 is 0 Å². The van der Waals surface area contributed by atoms with Crippen LogP contribution in [0.5, 0.6) is 0 Å². The summed E-state index contributed by atoms with van der Waals surface area (Å²) >= 11 is 0. The van der Waals surface area contributed by atoms with Crippen molar-refractivity contribution in [2.24, 2.45) is 0 Å². The average molecular weight is 460 g/mol. The fourth-order valence-electron chi connectivity index (χ4n) is 0.348. The van der Waals surface area contributed by atoms with E-state index in [1.54, 1.807) is 0 Å². The Balaban J connectivity index is -0.0000000405. The zero-order chi connectivity index (χ0) is 24.0. The third-order valence-corrected chi connectivity index (χ3v) is 1.28. The Morgan fingerprint density at radius 2 is 0.897 bits per heavy atom. The SMILES string of the molecule is C=C.C=CCCCC.O=C([O-])CO.O=C([O-])CO.O=C([O-])CO.O=C([O-])CO.[Ti+4]. The van der Waals surface area contributed by atoms with Gasteiger partial charge in [0.2, 0.25) is 0 Å². The first kappa shape index (κ1) is 45.6. The number of hydrogen-bond donors (Lipinski definition) is 4. The monoisotopic (exact) mass is 460 g/mol. The standard InChI is InChI=1S/C6H12.4C2H4O3.C2H4.Ti/c1-3-5-6-4-2;4*3-1-2(4)5;1-2;/h3H,1,4-6H2,2H3;4*3H,1H2,(H,4,5);1-2H2;/q;;;;;;+4/p-4. The van der Waals surface area contributed by atoms with Gasteiger partial charge in [0.05, 0.1) is 50.3 Å². The molecule has 0 aromatic heterocycles. The van der Waals surface area contributed by atoms with Gasteiger partial charge in [0.15, 0.2) is 0 Å². The molecule has 13 heteroatoms. The number of hydrogen-bond acceptors (Lipinski definition) is 12. The van der Waals surface area contributed by atoms with Crippen molar-refractivity contribution in [3.05, 3.63) is 25.8 Å². The maximum atomic E-state index is 9.01. The number of aliphatic hydroxyl groups is 4. The molecule has 0 saturated carbocycles. The molecule has 12 nitrogen and oxygen atoms in total. The van der Waals surface area contributed by atoms with E-state index in [0.717, 1.165) is 0 Å². The van der Waals surface area contributed by atoms with Crippen LogP contribution in [0.25, 0.3) is 0 Å². The van der Waals surface area contributed by atoms with E-state index in [4.69, 9.17) is 60.0 Å². The van der Waals surface area contributed by atoms with E-state index in [1.807, 2.05) is 6.08 Å². The number of carbonyl (C=O) groups is 4. The van der Waals surface area contributed by atoms with Crippen molar-refractivity contribution in [1.82, 2.24) is 0 Å². The number of carboxylic acid groups (broad SMARTS) is 4. The second-order valence-corrected chi connectivity index (χ2v) is 3.55. The Labute approximate surface area is 184 Å². The number of carbonyl (C=O) groups excluding carboxylic acids is 4. The molecule has 0 spiro atoms. The van der Waals surface area contributed by atoms with Crippen LogP contribution >= 0.6 is 0 Å². The molecule has 0 aliphatic rings. The zero-order valence-electron chi connectivity index (χ0n) is 16.2. The van der Waals surface area contributed by atoms with E-state index < -0.39 is 50.3 Å². The molecule has 0 heterocycles. The third kappa shape index (κ3) is 187. The summed E-state index contributed by atoms with van der Waals surface area (Å²) in [6.07, 6.45) is 5.72. The molecule has 0 aromatic rings. The number of rotatable bonds is 7. The first-order valence-electron chi connectivity index (χ1n) is 7.34. The molecule has 0 amide bonds. The Morgan fingerprint density at radius 3 is 0.931 bits per heavy atom. The van der Waals surface area contributed by atoms with Crippen LogP contribution in [-0.4, -0.2) is 70.7 Å². The van der Waals surface area contributed by atoms with Crippen LogP contribution in [0.1, 0.15) is 26.2 Å². The minimum atomic E-state index is -1.44. The van der Waals surface area contributed by atoms with Gasteiger partial charge >= 0.3 is 21.7 Å². The molecule has 0 fully saturated rings. The van der Waals surface area contributed by atoms with Crippen molar-refractivity contribution in [2.45, 2.75) is 26.2 Å². The topological polar surface area (TPSA) is 241 Å². The summed E-state index contributed by atoms with van der Waals surface area (Å²) in [5.74, 6) is -5.76. The summed E-state index contributed by atoms with van der Waals surface area (Å²) in [5, 5.41) is 66.0. The van der Waals surface area contributed by atoms with Crippen molar-refractivity contribution < 1.29 is 81.7 Å². The normalized spacial score (nSPS) is 6.93. The van der Waals surface area contributed by atoms with Gasteiger partial charge < -0.3 is 60.0 Å². The van der Waals surface area contributed by atoms with E-state index in [-0.39, 0.29) is 21.7 Å². The van der Waals surface area contributed by atoms with Crippen LogP contribution in [0.4, 0.5) is 0 Å². The van der Waals surface area contributed by atoms with Gasteiger partial charge in [-0.05, 0) is 6.42 Å². The van der Waals surface area contributed by atoms with Crippen molar-refractivity contribution in [1.29, 1.82) is 0 Å². The van der Waals surface area contributed by atoms with Crippen molar-refractivity contribution in [3.63, 3.8) is 0 Å². The van der Waals surface area contributed by atoms with Crippen molar-refractivity contribution in [3.8, 4) is 0 Å². The first-order chi connectivity index (χ1) is 13.0. The largest absolute Gasteiger partial charge is 4.00 e. The summed E-state index contributed by atoms with van der Waals surface area (Å²) in [5.41, 5.74) is 0. The van der Waals surface area contributed by atoms with Crippen molar-refractivity contribution >= 4 is 23.9 Å². The molecule has 0 aliphatic carbocycles. The molecular formula is C16H28O12Ti. The van der Waals surface area contributed by atoms with Gasteiger partial charge in [-0.15, -0.1) is 19.7 Å². The maximum Gasteiger partial charge on any atom is 4.00 e. The van der Waals surface area contributed by atoms with Crippen LogP contribution in [0.15, 0.2) is 25.8 Å². The Morgan fingerprint density at radius 1 is 0.724 bits per heavy atom. The number of allylic oxidation sites excluding steroid dienone is 1. The molecule has 0 unspecified atom stereocenters. The molecule has 168 valence electrons. The fourth-order valence-corrected chi connectivity index (χ4v) is 0.348. The first-order valence-corrected chi connectivity index (χ1v) is 7.34. The third-order valence-electron chi connectivity index (χ3n) is 1.28. The average Bonchev–Trinajstić information content (AvgIpc) is 2.69.